The summed E-state index contributed by atoms with van der Waals surface area (Å²) in [4.78, 5) is 21.3. The first kappa shape index (κ1) is 25.6. The number of sulfonamides is 1. The largest absolute Gasteiger partial charge is 1.00 e. The number of halogens is 2. The molecule has 0 unspecified atom stereocenters. The fourth-order valence-corrected chi connectivity index (χ4v) is 5.00. The van der Waals surface area contributed by atoms with Gasteiger partial charge in [0.15, 0.2) is 16.7 Å². The van der Waals surface area contributed by atoms with Crippen molar-refractivity contribution >= 4 is 29.4 Å². The number of hydrogen-bond acceptors (Lipinski definition) is 5. The maximum atomic E-state index is 14.1. The molecule has 0 aliphatic heterocycles. The second kappa shape index (κ2) is 9.88. The van der Waals surface area contributed by atoms with Crippen LogP contribution in [-0.2, 0) is 14.6 Å². The van der Waals surface area contributed by atoms with Crippen LogP contribution in [0, 0.1) is 5.82 Å². The fourth-order valence-electron chi connectivity index (χ4n) is 2.59. The Labute approximate surface area is 220 Å². The molecule has 1 heterocycles. The molecule has 2 aromatic carbocycles. The number of ether oxygens (including phenoxy) is 1. The molecule has 1 aromatic heterocycles. The molecule has 0 spiro atoms. The molecule has 3 aromatic rings. The van der Waals surface area contributed by atoms with E-state index in [1.54, 1.807) is 6.07 Å². The van der Waals surface area contributed by atoms with Gasteiger partial charge in [-0.25, -0.2) is 22.4 Å². The van der Waals surface area contributed by atoms with Crippen LogP contribution in [0.5, 0.6) is 5.75 Å². The van der Waals surface area contributed by atoms with Crippen molar-refractivity contribution < 1.29 is 84.7 Å². The second-order valence-corrected chi connectivity index (χ2v) is 9.39. The molecule has 0 aliphatic rings. The molecule has 0 fully saturated rings. The normalized spacial score (nSPS) is 11.8. The van der Waals surface area contributed by atoms with Gasteiger partial charge in [-0.2, -0.15) is 0 Å². The summed E-state index contributed by atoms with van der Waals surface area (Å²) in [5, 5.41) is 0.0921. The maximum absolute atomic E-state index is 14.1. The van der Waals surface area contributed by atoms with Crippen LogP contribution in [0.15, 0.2) is 53.7 Å². The van der Waals surface area contributed by atoms with Crippen molar-refractivity contribution in [3.8, 4) is 22.7 Å². The number of nitrogens with one attached hydrogen (secondary N) is 1. The summed E-state index contributed by atoms with van der Waals surface area (Å²) in [6, 6.07) is 9.32. The first-order valence-corrected chi connectivity index (χ1v) is 11.3. The Morgan fingerprint density at radius 1 is 1.23 bits per heavy atom. The zero-order valence-corrected chi connectivity index (χ0v) is 21.2. The van der Waals surface area contributed by atoms with Crippen molar-refractivity contribution in [3.63, 3.8) is 0 Å². The number of nitrogens with zero attached hydrogens (tertiary/aromatic N) is 2. The third kappa shape index (κ3) is 5.78. The summed E-state index contributed by atoms with van der Waals surface area (Å²) in [5.74, 6) is -0.540. The van der Waals surface area contributed by atoms with Crippen molar-refractivity contribution in [2.24, 2.45) is 0 Å². The topological polar surface area (TPSA) is 131 Å². The molecule has 0 amide bonds. The van der Waals surface area contributed by atoms with Gasteiger partial charge in [0.2, 0.25) is 10.0 Å². The van der Waals surface area contributed by atoms with Gasteiger partial charge in [-0.05, 0) is 42.5 Å². The van der Waals surface area contributed by atoms with Crippen molar-refractivity contribution in [2.45, 2.75) is 4.90 Å². The van der Waals surface area contributed by atoms with Crippen LogP contribution in [-0.4, -0.2) is 34.9 Å². The average molecular weight is 502 g/mol. The Kier molecular flexibility index (Phi) is 8.44. The van der Waals surface area contributed by atoms with E-state index in [0.29, 0.717) is 16.9 Å². The first-order chi connectivity index (χ1) is 13.5. The van der Waals surface area contributed by atoms with Gasteiger partial charge in [-0.15, -0.1) is 4.49 Å². The molecule has 0 atom stereocenters. The van der Waals surface area contributed by atoms with E-state index < -0.39 is 23.6 Å². The van der Waals surface area contributed by atoms with E-state index in [2.05, 4.69) is 4.98 Å². The van der Waals surface area contributed by atoms with Crippen molar-refractivity contribution in [3.05, 3.63) is 59.8 Å². The Morgan fingerprint density at radius 2 is 1.87 bits per heavy atom. The number of methoxy groups -OCH3 is 1. The number of aromatic nitrogens is 2. The van der Waals surface area contributed by atoms with Crippen LogP contribution in [0.25, 0.3) is 16.9 Å². The van der Waals surface area contributed by atoms with E-state index in [9.17, 15) is 17.4 Å². The smallest absolute Gasteiger partial charge is 1.00 e. The summed E-state index contributed by atoms with van der Waals surface area (Å²) < 4.78 is 56.7. The zero-order chi connectivity index (χ0) is 21.4. The summed E-state index contributed by atoms with van der Waals surface area (Å²) in [5.41, 5.74) is 1.20. The standard InChI is InChI=1S/C16H14ClFN3O6PS.K.H/c1-27-14-7-2-10(8-13(14)18)15-16(17)19-9-21(15)11-3-5-12(6-4-11)29(25,26)20-28(22,23)24;;/h2-9H,1H3,(H3,20,22,23,24);;/q;+1;-1. The number of imidazole rings is 1. The van der Waals surface area contributed by atoms with E-state index >= 15 is 0 Å². The predicted octanol–water partition coefficient (Wildman–Crippen LogP) is -0.172. The molecule has 156 valence electrons. The third-order valence-corrected chi connectivity index (χ3v) is 6.89. The van der Waals surface area contributed by atoms with E-state index in [1.165, 1.54) is 46.8 Å². The first-order valence-electron chi connectivity index (χ1n) is 7.78. The van der Waals surface area contributed by atoms with Gasteiger partial charge >= 0.3 is 59.1 Å². The van der Waals surface area contributed by atoms with Gasteiger partial charge in [0.1, 0.15) is 6.33 Å². The number of hydrogen-bond donors (Lipinski definition) is 3. The summed E-state index contributed by atoms with van der Waals surface area (Å²) >= 11 is 6.15. The van der Waals surface area contributed by atoms with Crippen LogP contribution in [0.4, 0.5) is 4.39 Å². The predicted molar refractivity (Wildman–Crippen MR) is 104 cm³/mol. The van der Waals surface area contributed by atoms with Gasteiger partial charge in [0, 0.05) is 11.3 Å². The van der Waals surface area contributed by atoms with Crippen molar-refractivity contribution in [1.29, 1.82) is 0 Å². The Morgan fingerprint density at radius 3 is 2.40 bits per heavy atom. The minimum absolute atomic E-state index is 0. The van der Waals surface area contributed by atoms with Gasteiger partial charge < -0.3 is 16.0 Å². The van der Waals surface area contributed by atoms with Crippen LogP contribution in [0.1, 0.15) is 1.43 Å². The molecule has 30 heavy (non-hydrogen) atoms. The van der Waals surface area contributed by atoms with Gasteiger partial charge in [0.25, 0.3) is 0 Å². The van der Waals surface area contributed by atoms with Crippen molar-refractivity contribution in [2.75, 3.05) is 7.11 Å². The Bertz CT molecular complexity index is 1220. The van der Waals surface area contributed by atoms with E-state index in [4.69, 9.17) is 26.1 Å². The summed E-state index contributed by atoms with van der Waals surface area (Å²) in [7, 11) is -8.07. The second-order valence-electron chi connectivity index (χ2n) is 5.74. The Hall–Kier alpha value is -0.634. The minimum atomic E-state index is -5.00. The zero-order valence-electron chi connectivity index (χ0n) is 16.7. The minimum Gasteiger partial charge on any atom is -1.00 e. The van der Waals surface area contributed by atoms with Crippen LogP contribution < -0.4 is 60.6 Å². The summed E-state index contributed by atoms with van der Waals surface area (Å²) in [6.45, 7) is 0. The SMILES string of the molecule is COc1ccc(-c2c(Cl)ncn2-c2ccc(S(=O)(=O)NP(=O)(O)O)cc2)cc1F.[H-].[K+]. The molecule has 0 saturated carbocycles. The van der Waals surface area contributed by atoms with Gasteiger partial charge in [0.05, 0.1) is 17.7 Å². The summed E-state index contributed by atoms with van der Waals surface area (Å²) in [6.07, 6.45) is 1.37. The van der Waals surface area contributed by atoms with Crippen LogP contribution in [0.3, 0.4) is 0 Å². The number of rotatable bonds is 6. The van der Waals surface area contributed by atoms with Gasteiger partial charge in [-0.1, -0.05) is 11.6 Å². The maximum Gasteiger partial charge on any atom is 1.00 e. The molecule has 14 heteroatoms. The van der Waals surface area contributed by atoms with Crippen LogP contribution in [0.2, 0.25) is 5.15 Å². The van der Waals surface area contributed by atoms with Crippen molar-refractivity contribution in [1.82, 2.24) is 14.0 Å². The molecule has 0 saturated heterocycles. The Balaban J connectivity index is 0.00000240. The van der Waals surface area contributed by atoms with E-state index in [0.717, 1.165) is 12.1 Å². The third-order valence-electron chi connectivity index (χ3n) is 3.81. The molecule has 0 radical (unpaired) electrons. The average Bonchev–Trinajstić information content (AvgIpc) is 3.01. The molecule has 3 N–H and O–H groups in total. The molecule has 0 bridgehead atoms. The monoisotopic (exact) mass is 501 g/mol. The van der Waals surface area contributed by atoms with Gasteiger partial charge in [-0.3, -0.25) is 4.57 Å². The molecular weight excluding hydrogens is 487 g/mol. The quantitative estimate of drug-likeness (QED) is 0.316. The molecule has 0 aliphatic carbocycles. The molecule has 9 nitrogen and oxygen atoms in total. The molecular formula is C16H15ClFKN3O6PS. The van der Waals surface area contributed by atoms with E-state index in [-0.39, 0.29) is 68.6 Å². The van der Waals surface area contributed by atoms with Crippen LogP contribution >= 0.6 is 19.3 Å². The fraction of sp³-hybridized carbons (Fsp3) is 0.0625. The number of benzene rings is 2. The van der Waals surface area contributed by atoms with E-state index in [1.807, 2.05) is 0 Å². The molecule has 3 rings (SSSR count).